The molecular formula is C18H20FN3O3S2. The molecule has 1 atom stereocenters. The van der Waals surface area contributed by atoms with Gasteiger partial charge in [0.25, 0.3) is 5.91 Å². The molecule has 3 rings (SSSR count). The number of carbonyl (C=O) groups is 2. The average molecular weight is 410 g/mol. The molecular weight excluding hydrogens is 389 g/mol. The summed E-state index contributed by atoms with van der Waals surface area (Å²) in [6.07, 6.45) is -1.05. The molecule has 0 spiro atoms. The van der Waals surface area contributed by atoms with Gasteiger partial charge in [0, 0.05) is 17.2 Å². The fourth-order valence-electron chi connectivity index (χ4n) is 2.69. The van der Waals surface area contributed by atoms with E-state index in [0.29, 0.717) is 28.5 Å². The number of benzene rings is 1. The molecule has 1 aliphatic rings. The Balaban J connectivity index is 1.58. The van der Waals surface area contributed by atoms with E-state index in [-0.39, 0.29) is 19.0 Å². The highest BCUT2D eigenvalue weighted by molar-refractivity contribution is 7.80. The zero-order valence-electron chi connectivity index (χ0n) is 14.7. The van der Waals surface area contributed by atoms with Crippen LogP contribution in [0.1, 0.15) is 14.5 Å². The van der Waals surface area contributed by atoms with Crippen molar-refractivity contribution in [1.82, 2.24) is 5.32 Å². The first kappa shape index (κ1) is 19.5. The van der Waals surface area contributed by atoms with E-state index in [1.54, 1.807) is 18.2 Å². The molecule has 27 heavy (non-hydrogen) atoms. The summed E-state index contributed by atoms with van der Waals surface area (Å²) >= 11 is 5.48. The van der Waals surface area contributed by atoms with E-state index in [1.807, 2.05) is 13.0 Å². The Kier molecular flexibility index (Phi) is 6.22. The van der Waals surface area contributed by atoms with E-state index in [0.717, 1.165) is 4.88 Å². The topological polar surface area (TPSA) is 70.7 Å². The maximum Gasteiger partial charge on any atom is 0.414 e. The number of nitrogens with one attached hydrogen (secondary N) is 2. The molecule has 2 heterocycles. The highest BCUT2D eigenvalue weighted by Gasteiger charge is 2.33. The molecule has 2 amide bonds. The van der Waals surface area contributed by atoms with Crippen LogP contribution >= 0.6 is 24.0 Å². The standard InChI is InChI=1S/C18H20FN3O3S2/c1-11-2-5-16(27-11)17(23)21-9-13-10-22(18(24)25-13)12-3-4-15(14(19)8-12)20-6-7-26/h2-5,8,13,20,26H,6-7,9-10H2,1H3,(H,21,23)/t13-/m0/s1. The lowest BCUT2D eigenvalue weighted by Gasteiger charge is -2.15. The van der Waals surface area contributed by atoms with Gasteiger partial charge in [-0.15, -0.1) is 11.3 Å². The molecule has 9 heteroatoms. The highest BCUT2D eigenvalue weighted by Crippen LogP contribution is 2.26. The second-order valence-electron chi connectivity index (χ2n) is 6.05. The number of halogens is 1. The van der Waals surface area contributed by atoms with Crippen molar-refractivity contribution < 1.29 is 18.7 Å². The zero-order valence-corrected chi connectivity index (χ0v) is 16.4. The molecule has 6 nitrogen and oxygen atoms in total. The predicted molar refractivity (Wildman–Crippen MR) is 108 cm³/mol. The quantitative estimate of drug-likeness (QED) is 0.614. The Morgan fingerprint density at radius 3 is 2.89 bits per heavy atom. The van der Waals surface area contributed by atoms with Crippen molar-refractivity contribution in [1.29, 1.82) is 0 Å². The van der Waals surface area contributed by atoms with Gasteiger partial charge in [0.05, 0.1) is 29.3 Å². The second-order valence-corrected chi connectivity index (χ2v) is 7.79. The molecule has 0 saturated carbocycles. The van der Waals surface area contributed by atoms with Crippen LogP contribution in [0, 0.1) is 12.7 Å². The number of anilines is 2. The van der Waals surface area contributed by atoms with Gasteiger partial charge in [-0.3, -0.25) is 9.69 Å². The maximum atomic E-state index is 14.2. The Morgan fingerprint density at radius 1 is 1.41 bits per heavy atom. The van der Waals surface area contributed by atoms with Gasteiger partial charge in [0.1, 0.15) is 11.9 Å². The summed E-state index contributed by atoms with van der Waals surface area (Å²) in [5.74, 6) is -0.0712. The van der Waals surface area contributed by atoms with Crippen molar-refractivity contribution >= 4 is 47.3 Å². The number of thiol groups is 1. The Bertz CT molecular complexity index is 843. The molecule has 1 aromatic heterocycles. The van der Waals surface area contributed by atoms with Crippen LogP contribution in [-0.2, 0) is 4.74 Å². The second kappa shape index (κ2) is 8.62. The summed E-state index contributed by atoms with van der Waals surface area (Å²) in [4.78, 5) is 27.2. The van der Waals surface area contributed by atoms with Gasteiger partial charge in [-0.25, -0.2) is 9.18 Å². The number of hydrogen-bond acceptors (Lipinski definition) is 6. The lowest BCUT2D eigenvalue weighted by Crippen LogP contribution is -2.34. The molecule has 1 fully saturated rings. The first-order chi connectivity index (χ1) is 13.0. The third-order valence-electron chi connectivity index (χ3n) is 4.02. The van der Waals surface area contributed by atoms with Crippen molar-refractivity contribution in [3.8, 4) is 0 Å². The number of thiophene rings is 1. The van der Waals surface area contributed by atoms with Crippen LogP contribution in [0.5, 0.6) is 0 Å². The lowest BCUT2D eigenvalue weighted by atomic mass is 10.2. The van der Waals surface area contributed by atoms with Gasteiger partial charge in [0.2, 0.25) is 0 Å². The highest BCUT2D eigenvalue weighted by atomic mass is 32.1. The van der Waals surface area contributed by atoms with Crippen LogP contribution in [0.15, 0.2) is 30.3 Å². The van der Waals surface area contributed by atoms with Crippen LogP contribution in [-0.4, -0.2) is 43.5 Å². The van der Waals surface area contributed by atoms with E-state index >= 15 is 0 Å². The normalized spacial score (nSPS) is 16.3. The van der Waals surface area contributed by atoms with E-state index in [9.17, 15) is 14.0 Å². The summed E-state index contributed by atoms with van der Waals surface area (Å²) in [5, 5.41) is 5.68. The van der Waals surface area contributed by atoms with E-state index < -0.39 is 18.0 Å². The first-order valence-electron chi connectivity index (χ1n) is 8.45. The number of nitrogens with zero attached hydrogens (tertiary/aromatic N) is 1. The fraction of sp³-hybridized carbons (Fsp3) is 0.333. The number of rotatable bonds is 7. The Hall–Kier alpha value is -2.26. The summed E-state index contributed by atoms with van der Waals surface area (Å²) in [6.45, 7) is 2.90. The largest absolute Gasteiger partial charge is 0.442 e. The van der Waals surface area contributed by atoms with E-state index in [2.05, 4.69) is 23.3 Å². The van der Waals surface area contributed by atoms with Crippen LogP contribution in [0.25, 0.3) is 0 Å². The number of carbonyl (C=O) groups excluding carboxylic acids is 2. The summed E-state index contributed by atoms with van der Waals surface area (Å²) < 4.78 is 19.5. The summed E-state index contributed by atoms with van der Waals surface area (Å²) in [6, 6.07) is 8.16. The third-order valence-corrected chi connectivity index (χ3v) is 5.24. The SMILES string of the molecule is Cc1ccc(C(=O)NC[C@H]2CN(c3ccc(NCCS)c(F)c3)C(=O)O2)s1. The van der Waals surface area contributed by atoms with Crippen molar-refractivity contribution in [2.75, 3.05) is 35.6 Å². The van der Waals surface area contributed by atoms with Gasteiger partial charge in [0.15, 0.2) is 0 Å². The number of hydrogen-bond donors (Lipinski definition) is 3. The van der Waals surface area contributed by atoms with Gasteiger partial charge < -0.3 is 15.4 Å². The molecule has 2 aromatic rings. The molecule has 0 bridgehead atoms. The van der Waals surface area contributed by atoms with Crippen molar-refractivity contribution in [3.63, 3.8) is 0 Å². The molecule has 1 aromatic carbocycles. The van der Waals surface area contributed by atoms with Crippen molar-refractivity contribution in [2.45, 2.75) is 13.0 Å². The Labute approximate surface area is 166 Å². The number of amides is 2. The van der Waals surface area contributed by atoms with Gasteiger partial charge in [-0.1, -0.05) is 0 Å². The summed E-state index contributed by atoms with van der Waals surface area (Å²) in [5.41, 5.74) is 0.770. The van der Waals surface area contributed by atoms with Gasteiger partial charge in [-0.05, 0) is 37.3 Å². The average Bonchev–Trinajstić information content (AvgIpc) is 3.24. The minimum absolute atomic E-state index is 0.197. The zero-order chi connectivity index (χ0) is 19.4. The number of aryl methyl sites for hydroxylation is 1. The monoisotopic (exact) mass is 409 g/mol. The van der Waals surface area contributed by atoms with E-state index in [4.69, 9.17) is 4.74 Å². The minimum Gasteiger partial charge on any atom is -0.442 e. The first-order valence-corrected chi connectivity index (χ1v) is 9.90. The predicted octanol–water partition coefficient (Wildman–Crippen LogP) is 3.29. The van der Waals surface area contributed by atoms with Crippen molar-refractivity contribution in [3.05, 3.63) is 45.9 Å². The molecule has 2 N–H and O–H groups in total. The minimum atomic E-state index is -0.559. The van der Waals surface area contributed by atoms with Gasteiger partial charge >= 0.3 is 6.09 Å². The van der Waals surface area contributed by atoms with Crippen LogP contribution in [0.2, 0.25) is 0 Å². The van der Waals surface area contributed by atoms with Crippen LogP contribution in [0.4, 0.5) is 20.6 Å². The number of ether oxygens (including phenoxy) is 1. The molecule has 1 aliphatic heterocycles. The smallest absolute Gasteiger partial charge is 0.414 e. The molecule has 0 radical (unpaired) electrons. The van der Waals surface area contributed by atoms with Crippen LogP contribution in [0.3, 0.4) is 0 Å². The van der Waals surface area contributed by atoms with Crippen LogP contribution < -0.4 is 15.5 Å². The lowest BCUT2D eigenvalue weighted by molar-refractivity contribution is 0.0920. The molecule has 0 unspecified atom stereocenters. The summed E-state index contributed by atoms with van der Waals surface area (Å²) in [7, 11) is 0. The third kappa shape index (κ3) is 4.72. The Morgan fingerprint density at radius 2 is 2.22 bits per heavy atom. The number of cyclic esters (lactones) is 1. The maximum absolute atomic E-state index is 14.2. The van der Waals surface area contributed by atoms with Gasteiger partial charge in [-0.2, -0.15) is 12.6 Å². The van der Waals surface area contributed by atoms with E-state index in [1.165, 1.54) is 22.3 Å². The molecule has 144 valence electrons. The molecule has 0 aliphatic carbocycles. The molecule has 1 saturated heterocycles. The fourth-order valence-corrected chi connectivity index (χ4v) is 3.59. The van der Waals surface area contributed by atoms with Crippen molar-refractivity contribution in [2.24, 2.45) is 0 Å².